The second kappa shape index (κ2) is 2.38. The van der Waals surface area contributed by atoms with E-state index < -0.39 is 5.97 Å². The van der Waals surface area contributed by atoms with Crippen LogP contribution in [-0.4, -0.2) is 17.4 Å². The van der Waals surface area contributed by atoms with E-state index in [1.807, 2.05) is 0 Å². The van der Waals surface area contributed by atoms with Gasteiger partial charge in [-0.1, -0.05) is 0 Å². The minimum atomic E-state index is -1.08. The Hall–Kier alpha value is -0.860. The molecule has 0 atom stereocenters. The van der Waals surface area contributed by atoms with E-state index in [1.54, 1.807) is 0 Å². The molecule has 1 N–H and O–H groups in total. The van der Waals surface area contributed by atoms with Crippen LogP contribution in [0.5, 0.6) is 0 Å². The summed E-state index contributed by atoms with van der Waals surface area (Å²) in [4.78, 5) is 18.6. The Balaban J connectivity index is 0. The van der Waals surface area contributed by atoms with Gasteiger partial charge in [-0.05, 0) is 0 Å². The van der Waals surface area contributed by atoms with Gasteiger partial charge in [-0.2, -0.15) is 0 Å². The number of hydrogen-bond donors (Lipinski definition) is 1. The summed E-state index contributed by atoms with van der Waals surface area (Å²) in [6.07, 6.45) is -0.0394. The summed E-state index contributed by atoms with van der Waals surface area (Å²) in [7, 11) is 0. The zero-order chi connectivity index (χ0) is 4.99. The molecule has 0 aliphatic rings. The van der Waals surface area contributed by atoms with E-state index in [4.69, 9.17) is 5.11 Å². The summed E-state index contributed by atoms with van der Waals surface area (Å²) in [5, 5.41) is 7.68. The summed E-state index contributed by atoms with van der Waals surface area (Å²) in [5.74, 6) is -1.08. The van der Waals surface area contributed by atoms with Crippen molar-refractivity contribution in [3.63, 3.8) is 0 Å². The Kier molecular flexibility index (Phi) is 2.04. The van der Waals surface area contributed by atoms with Gasteiger partial charge in [0.05, 0.1) is 0 Å². The molecule has 0 aromatic heterocycles. The smallest absolute Gasteiger partial charge is 0.481 e. The fraction of sp³-hybridized carbons (Fsp3) is 0.333. The molecule has 0 rings (SSSR count). The Bertz CT molecular complexity index is 70.6. The van der Waals surface area contributed by atoms with Crippen LogP contribution in [0.1, 0.15) is 7.85 Å². The lowest BCUT2D eigenvalue weighted by atomic mass is 10.5. The van der Waals surface area contributed by atoms with Crippen LogP contribution in [0.15, 0.2) is 0 Å². The molecule has 3 nitrogen and oxygen atoms in total. The van der Waals surface area contributed by atoms with Crippen LogP contribution >= 0.6 is 0 Å². The molecule has 0 spiro atoms. The van der Waals surface area contributed by atoms with Crippen LogP contribution in [0.3, 0.4) is 0 Å². The molecule has 0 saturated carbocycles. The van der Waals surface area contributed by atoms with Crippen molar-refractivity contribution in [2.24, 2.45) is 0 Å². The van der Waals surface area contributed by atoms with Gasteiger partial charge in [0.2, 0.25) is 0 Å². The Labute approximate surface area is 36.1 Å². The molecule has 0 radical (unpaired) electrons. The SMILES string of the molecule is O=CCC(=O)O.[H+]. The first-order chi connectivity index (χ1) is 2.77. The lowest BCUT2D eigenvalue weighted by Gasteiger charge is -1.71. The van der Waals surface area contributed by atoms with E-state index in [0.29, 0.717) is 6.29 Å². The van der Waals surface area contributed by atoms with E-state index in [2.05, 4.69) is 0 Å². The highest BCUT2D eigenvalue weighted by Gasteiger charge is 1.87. The number of rotatable bonds is 2. The van der Waals surface area contributed by atoms with Crippen molar-refractivity contribution in [1.82, 2.24) is 0 Å². The van der Waals surface area contributed by atoms with Crippen LogP contribution in [-0.2, 0) is 9.59 Å². The zero-order valence-electron chi connectivity index (χ0n) is 4.05. The number of carboxylic acid groups (broad SMARTS) is 1. The number of hydrogen-bond acceptors (Lipinski definition) is 2. The Morgan fingerprint density at radius 1 is 2.00 bits per heavy atom. The van der Waals surface area contributed by atoms with Gasteiger partial charge >= 0.3 is 7.40 Å². The fourth-order valence-corrected chi connectivity index (χ4v) is 0.0713. The molecule has 0 aliphatic carbocycles. The highest BCUT2D eigenvalue weighted by Crippen LogP contribution is 1.64. The van der Waals surface area contributed by atoms with Crippen molar-refractivity contribution in [3.05, 3.63) is 0 Å². The first-order valence-electron chi connectivity index (χ1n) is 1.43. The molecular weight excluding hydrogens is 84.0 g/mol. The molecule has 0 unspecified atom stereocenters. The summed E-state index contributed by atoms with van der Waals surface area (Å²) < 4.78 is 0. The van der Waals surface area contributed by atoms with E-state index >= 15 is 0 Å². The molecule has 3 heteroatoms. The maximum absolute atomic E-state index is 9.37. The monoisotopic (exact) mass is 89.0 g/mol. The molecule has 0 amide bonds. The highest BCUT2D eigenvalue weighted by atomic mass is 16.4. The summed E-state index contributed by atoms with van der Waals surface area (Å²) in [5.41, 5.74) is 0. The molecule has 34 valence electrons. The van der Waals surface area contributed by atoms with Gasteiger partial charge in [0.25, 0.3) is 0 Å². The number of carbonyl (C=O) groups excluding carboxylic acids is 1. The van der Waals surface area contributed by atoms with Crippen LogP contribution in [0.4, 0.5) is 0 Å². The summed E-state index contributed by atoms with van der Waals surface area (Å²) >= 11 is 0. The van der Waals surface area contributed by atoms with Crippen LogP contribution in [0.25, 0.3) is 0 Å². The molecule has 0 saturated heterocycles. The zero-order valence-corrected chi connectivity index (χ0v) is 3.05. The Morgan fingerprint density at radius 2 is 2.50 bits per heavy atom. The first kappa shape index (κ1) is 5.14. The minimum Gasteiger partial charge on any atom is -0.481 e. The van der Waals surface area contributed by atoms with Crippen LogP contribution < -0.4 is 0 Å². The van der Waals surface area contributed by atoms with Gasteiger partial charge in [-0.25, -0.2) is 0 Å². The fourth-order valence-electron chi connectivity index (χ4n) is 0.0713. The predicted molar refractivity (Wildman–Crippen MR) is 19.4 cm³/mol. The average molecular weight is 89.1 g/mol. The van der Waals surface area contributed by atoms with E-state index in [1.165, 1.54) is 0 Å². The van der Waals surface area contributed by atoms with Crippen LogP contribution in [0, 0.1) is 0 Å². The van der Waals surface area contributed by atoms with Gasteiger partial charge in [-0.15, -0.1) is 0 Å². The molecule has 0 fully saturated rings. The van der Waals surface area contributed by atoms with E-state index in [-0.39, 0.29) is 7.85 Å². The normalized spacial score (nSPS) is 7.33. The molecule has 0 bridgehead atoms. The van der Waals surface area contributed by atoms with Gasteiger partial charge in [-0.3, -0.25) is 4.79 Å². The largest absolute Gasteiger partial charge is 1.00 e. The maximum Gasteiger partial charge on any atom is 1.00 e. The van der Waals surface area contributed by atoms with Crippen molar-refractivity contribution in [2.45, 2.75) is 6.42 Å². The standard InChI is InChI=1S/C3H4O3/c4-2-1-3(5)6/h2H,1H2,(H,5,6)/p+1. The number of carboxylic acids is 1. The van der Waals surface area contributed by atoms with Crippen LogP contribution in [0.2, 0.25) is 0 Å². The number of carbonyl (C=O) groups is 2. The highest BCUT2D eigenvalue weighted by molar-refractivity contribution is 5.81. The van der Waals surface area contributed by atoms with Gasteiger partial charge in [0.1, 0.15) is 12.7 Å². The van der Waals surface area contributed by atoms with Gasteiger partial charge in [0, 0.05) is 0 Å². The lowest BCUT2D eigenvalue weighted by molar-refractivity contribution is -0.138. The predicted octanol–water partition coefficient (Wildman–Crippen LogP) is -0.228. The summed E-state index contributed by atoms with van der Waals surface area (Å²) in [6.45, 7) is 0. The quantitative estimate of drug-likeness (QED) is 0.375. The van der Waals surface area contributed by atoms with Crippen molar-refractivity contribution in [1.29, 1.82) is 0 Å². The second-order valence-electron chi connectivity index (χ2n) is 0.765. The summed E-state index contributed by atoms with van der Waals surface area (Å²) in [6, 6.07) is 0. The number of aliphatic carboxylic acids is 1. The van der Waals surface area contributed by atoms with Crippen molar-refractivity contribution >= 4 is 12.3 Å². The minimum absolute atomic E-state index is 0. The average Bonchev–Trinajstić information content (AvgIpc) is 1.35. The third-order valence-electron chi connectivity index (χ3n) is 0.258. The molecule has 0 aromatic rings. The Morgan fingerprint density at radius 3 is 2.50 bits per heavy atom. The lowest BCUT2D eigenvalue weighted by Crippen LogP contribution is -1.92. The van der Waals surface area contributed by atoms with Crippen molar-refractivity contribution in [2.75, 3.05) is 0 Å². The number of aldehydes is 1. The van der Waals surface area contributed by atoms with Gasteiger partial charge in [0.15, 0.2) is 0 Å². The van der Waals surface area contributed by atoms with E-state index in [9.17, 15) is 9.59 Å². The molecule has 6 heavy (non-hydrogen) atoms. The molecule has 0 aliphatic heterocycles. The van der Waals surface area contributed by atoms with Gasteiger partial charge < -0.3 is 9.90 Å². The topological polar surface area (TPSA) is 54.4 Å². The van der Waals surface area contributed by atoms with Crippen molar-refractivity contribution in [3.8, 4) is 0 Å². The van der Waals surface area contributed by atoms with E-state index in [0.717, 1.165) is 0 Å². The third-order valence-corrected chi connectivity index (χ3v) is 0.258. The molecule has 0 aromatic carbocycles. The third kappa shape index (κ3) is 3.14. The van der Waals surface area contributed by atoms with Crippen molar-refractivity contribution < 1.29 is 16.1 Å². The molecule has 0 heterocycles. The maximum atomic E-state index is 9.37. The molecular formula is C3H5O3+. The second-order valence-corrected chi connectivity index (χ2v) is 0.765. The first-order valence-corrected chi connectivity index (χ1v) is 1.43.